The third-order valence-corrected chi connectivity index (χ3v) is 5.00. The molecule has 1 unspecified atom stereocenters. The average Bonchev–Trinajstić information content (AvgIpc) is 2.82. The van der Waals surface area contributed by atoms with Crippen molar-refractivity contribution in [2.75, 3.05) is 0 Å². The first-order chi connectivity index (χ1) is 14.6. The van der Waals surface area contributed by atoms with E-state index in [2.05, 4.69) is 4.98 Å². The van der Waals surface area contributed by atoms with E-state index in [1.165, 1.54) is 0 Å². The Balaban J connectivity index is 1.40. The molecule has 150 valence electrons. The summed E-state index contributed by atoms with van der Waals surface area (Å²) in [6.45, 7) is 2.13. The molecule has 4 aromatic rings. The first-order valence-electron chi connectivity index (χ1n) is 9.77. The summed E-state index contributed by atoms with van der Waals surface area (Å²) < 4.78 is 5.85. The van der Waals surface area contributed by atoms with Crippen molar-refractivity contribution in [2.45, 2.75) is 19.6 Å². The molecule has 1 amide bonds. The minimum Gasteiger partial charge on any atom is -0.487 e. The quantitative estimate of drug-likeness (QED) is 0.349. The molecule has 0 aliphatic rings. The van der Waals surface area contributed by atoms with Crippen LogP contribution in [0.25, 0.3) is 10.9 Å². The predicted molar refractivity (Wildman–Crippen MR) is 115 cm³/mol. The number of hydrogen-bond acceptors (Lipinski definition) is 4. The van der Waals surface area contributed by atoms with Gasteiger partial charge in [-0.2, -0.15) is 0 Å². The van der Waals surface area contributed by atoms with Crippen LogP contribution in [0.2, 0.25) is 0 Å². The minimum atomic E-state index is -0.492. The molecule has 0 fully saturated rings. The van der Waals surface area contributed by atoms with Gasteiger partial charge in [0, 0.05) is 10.9 Å². The number of amides is 1. The first-order valence-corrected chi connectivity index (χ1v) is 9.77. The second-order valence-corrected chi connectivity index (χ2v) is 7.04. The smallest absolute Gasteiger partial charge is 0.277 e. The zero-order chi connectivity index (χ0) is 20.9. The van der Waals surface area contributed by atoms with E-state index in [0.717, 1.165) is 27.2 Å². The number of nitrogens with zero attached hydrogens (tertiary/aromatic N) is 2. The Bertz CT molecular complexity index is 1140. The van der Waals surface area contributed by atoms with E-state index in [1.54, 1.807) is 31.2 Å². The molecule has 0 saturated carbocycles. The molecule has 0 aliphatic heterocycles. The topological polar surface area (TPSA) is 62.7 Å². The Hall–Kier alpha value is -3.70. The van der Waals surface area contributed by atoms with Crippen LogP contribution >= 0.6 is 0 Å². The molecule has 0 saturated heterocycles. The zero-order valence-electron chi connectivity index (χ0n) is 16.6. The van der Waals surface area contributed by atoms with Gasteiger partial charge in [-0.05, 0) is 48.9 Å². The van der Waals surface area contributed by atoms with Crippen LogP contribution in [0.4, 0.5) is 0 Å². The normalized spacial score (nSPS) is 11.8. The lowest BCUT2D eigenvalue weighted by atomic mass is 10.1. The van der Waals surface area contributed by atoms with Crippen molar-refractivity contribution >= 4 is 16.8 Å². The molecule has 1 heterocycles. The number of benzene rings is 3. The summed E-state index contributed by atoms with van der Waals surface area (Å²) in [5.74, 6) is 0.255. The van der Waals surface area contributed by atoms with Crippen LogP contribution in [-0.4, -0.2) is 21.2 Å². The molecule has 5 nitrogen and oxygen atoms in total. The molecule has 0 bridgehead atoms. The van der Waals surface area contributed by atoms with E-state index < -0.39 is 11.9 Å². The number of carbonyl (C=O) groups excluding carboxylic acids is 1. The van der Waals surface area contributed by atoms with Crippen LogP contribution in [0.15, 0.2) is 91.0 Å². The van der Waals surface area contributed by atoms with Gasteiger partial charge in [0.05, 0.1) is 17.3 Å². The fourth-order valence-corrected chi connectivity index (χ4v) is 3.22. The lowest BCUT2D eigenvalue weighted by molar-refractivity contribution is -0.0854. The summed E-state index contributed by atoms with van der Waals surface area (Å²) in [5.41, 5.74) is 3.03. The van der Waals surface area contributed by atoms with Crippen LogP contribution < -0.4 is 4.74 Å². The van der Waals surface area contributed by atoms with Gasteiger partial charge in [0.2, 0.25) is 0 Å². The molecule has 1 N–H and O–H groups in total. The van der Waals surface area contributed by atoms with Crippen molar-refractivity contribution in [1.82, 2.24) is 10.0 Å². The minimum absolute atomic E-state index is 0.359. The van der Waals surface area contributed by atoms with Crippen LogP contribution in [0.1, 0.15) is 34.6 Å². The van der Waals surface area contributed by atoms with Crippen LogP contribution in [0.5, 0.6) is 5.75 Å². The molecule has 0 aliphatic carbocycles. The van der Waals surface area contributed by atoms with Crippen molar-refractivity contribution in [3.8, 4) is 5.75 Å². The highest BCUT2D eigenvalue weighted by Crippen LogP contribution is 2.23. The SMILES string of the molecule is CC(c1ccc(OCc2ccc3ccccc3n2)cc1)N(O)C(=O)c1ccccc1. The molecule has 30 heavy (non-hydrogen) atoms. The number of fused-ring (bicyclic) bond motifs is 1. The van der Waals surface area contributed by atoms with E-state index in [4.69, 9.17) is 4.74 Å². The molecular weight excluding hydrogens is 376 g/mol. The zero-order valence-corrected chi connectivity index (χ0v) is 16.6. The molecule has 0 radical (unpaired) electrons. The molecule has 4 rings (SSSR count). The van der Waals surface area contributed by atoms with Crippen molar-refractivity contribution in [3.05, 3.63) is 108 Å². The third-order valence-electron chi connectivity index (χ3n) is 5.00. The highest BCUT2D eigenvalue weighted by molar-refractivity contribution is 5.93. The van der Waals surface area contributed by atoms with Gasteiger partial charge in [-0.3, -0.25) is 10.0 Å². The molecule has 3 aromatic carbocycles. The number of carbonyl (C=O) groups is 1. The van der Waals surface area contributed by atoms with E-state index >= 15 is 0 Å². The van der Waals surface area contributed by atoms with Gasteiger partial charge in [-0.15, -0.1) is 0 Å². The largest absolute Gasteiger partial charge is 0.487 e. The first kappa shape index (κ1) is 19.6. The lowest BCUT2D eigenvalue weighted by Crippen LogP contribution is -2.30. The van der Waals surface area contributed by atoms with Crippen LogP contribution in [0.3, 0.4) is 0 Å². The van der Waals surface area contributed by atoms with Crippen molar-refractivity contribution in [2.24, 2.45) is 0 Å². The monoisotopic (exact) mass is 398 g/mol. The maximum Gasteiger partial charge on any atom is 0.277 e. The van der Waals surface area contributed by atoms with Gasteiger partial charge in [0.25, 0.3) is 5.91 Å². The van der Waals surface area contributed by atoms with Gasteiger partial charge >= 0.3 is 0 Å². The van der Waals surface area contributed by atoms with Crippen molar-refractivity contribution in [3.63, 3.8) is 0 Å². The van der Waals surface area contributed by atoms with Crippen LogP contribution in [-0.2, 0) is 6.61 Å². The number of para-hydroxylation sites is 1. The van der Waals surface area contributed by atoms with E-state index in [-0.39, 0.29) is 0 Å². The Morgan fingerprint density at radius 3 is 2.40 bits per heavy atom. The highest BCUT2D eigenvalue weighted by atomic mass is 16.5. The molecule has 1 atom stereocenters. The molecule has 1 aromatic heterocycles. The Morgan fingerprint density at radius 2 is 1.63 bits per heavy atom. The molecule has 5 heteroatoms. The summed E-state index contributed by atoms with van der Waals surface area (Å²) in [6, 6.07) is 27.5. The van der Waals surface area contributed by atoms with Crippen LogP contribution in [0, 0.1) is 0 Å². The van der Waals surface area contributed by atoms with Gasteiger partial charge < -0.3 is 4.74 Å². The number of hydrogen-bond donors (Lipinski definition) is 1. The highest BCUT2D eigenvalue weighted by Gasteiger charge is 2.21. The predicted octanol–water partition coefficient (Wildman–Crippen LogP) is 5.41. The number of rotatable bonds is 6. The van der Waals surface area contributed by atoms with Gasteiger partial charge in [0.1, 0.15) is 12.4 Å². The van der Waals surface area contributed by atoms with Crippen molar-refractivity contribution < 1.29 is 14.7 Å². The summed E-state index contributed by atoms with van der Waals surface area (Å²) in [7, 11) is 0. The summed E-state index contributed by atoms with van der Waals surface area (Å²) in [5, 5.41) is 12.2. The van der Waals surface area contributed by atoms with Gasteiger partial charge in [-0.25, -0.2) is 10.0 Å². The second-order valence-electron chi connectivity index (χ2n) is 7.04. The molecular formula is C25H22N2O3. The molecule has 0 spiro atoms. The number of aromatic nitrogens is 1. The fraction of sp³-hybridized carbons (Fsp3) is 0.120. The number of hydroxylamine groups is 2. The fourth-order valence-electron chi connectivity index (χ4n) is 3.22. The van der Waals surface area contributed by atoms with E-state index in [9.17, 15) is 10.0 Å². The summed E-state index contributed by atoms with van der Waals surface area (Å²) >= 11 is 0. The Kier molecular flexibility index (Phi) is 5.72. The van der Waals surface area contributed by atoms with Gasteiger partial charge in [-0.1, -0.05) is 54.6 Å². The summed E-state index contributed by atoms with van der Waals surface area (Å²) in [6.07, 6.45) is 0. The number of pyridine rings is 1. The van der Waals surface area contributed by atoms with E-state index in [0.29, 0.717) is 17.9 Å². The third kappa shape index (κ3) is 4.31. The number of ether oxygens (including phenoxy) is 1. The maximum absolute atomic E-state index is 12.4. The summed E-state index contributed by atoms with van der Waals surface area (Å²) in [4.78, 5) is 17.0. The van der Waals surface area contributed by atoms with Gasteiger partial charge in [0.15, 0.2) is 0 Å². The standard InChI is InChI=1S/C25H22N2O3/c1-18(27(29)25(28)21-8-3-2-4-9-21)19-12-15-23(16-13-19)30-17-22-14-11-20-7-5-6-10-24(20)26-22/h2-16,18,29H,17H2,1H3. The lowest BCUT2D eigenvalue weighted by Gasteiger charge is -2.23. The Morgan fingerprint density at radius 1 is 0.933 bits per heavy atom. The maximum atomic E-state index is 12.4. The average molecular weight is 398 g/mol. The Labute approximate surface area is 175 Å². The van der Waals surface area contributed by atoms with Crippen molar-refractivity contribution in [1.29, 1.82) is 0 Å². The second kappa shape index (κ2) is 8.76. The van der Waals surface area contributed by atoms with E-state index in [1.807, 2.05) is 66.7 Å².